The van der Waals surface area contributed by atoms with Gasteiger partial charge in [-0.1, -0.05) is 52.6 Å². The zero-order chi connectivity index (χ0) is 12.4. The van der Waals surface area contributed by atoms with Crippen LogP contribution in [0.1, 0.15) is 0 Å². The van der Waals surface area contributed by atoms with Gasteiger partial charge in [-0.05, 0) is 12.1 Å². The number of nitrogen functional groups attached to an aromatic ring is 1. The van der Waals surface area contributed by atoms with E-state index in [1.54, 1.807) is 24.3 Å². The highest BCUT2D eigenvalue weighted by Gasteiger charge is 2.09. The molecule has 0 amide bonds. The maximum atomic E-state index is 6.05. The highest BCUT2D eigenvalue weighted by Crippen LogP contribution is 2.38. The van der Waals surface area contributed by atoms with E-state index in [0.29, 0.717) is 20.0 Å². The van der Waals surface area contributed by atoms with Gasteiger partial charge in [-0.2, -0.15) is 0 Å². The second-order valence-electron chi connectivity index (χ2n) is 3.04. The van der Waals surface area contributed by atoms with Gasteiger partial charge >= 0.3 is 0 Å². The average Bonchev–Trinajstić information content (AvgIpc) is 2.22. The second-order valence-corrected chi connectivity index (χ2v) is 5.27. The molecule has 0 bridgehead atoms. The van der Waals surface area contributed by atoms with Crippen LogP contribution in [0.15, 0.2) is 34.2 Å². The number of aromatic nitrogens is 2. The molecular formula is C10H6Cl3N3S. The summed E-state index contributed by atoms with van der Waals surface area (Å²) in [6.07, 6.45) is 0. The van der Waals surface area contributed by atoms with Gasteiger partial charge in [-0.15, -0.1) is 0 Å². The molecule has 1 heterocycles. The number of benzene rings is 1. The van der Waals surface area contributed by atoms with E-state index in [4.69, 9.17) is 40.5 Å². The Bertz CT molecular complexity index is 522. The molecule has 2 N–H and O–H groups in total. The minimum Gasteiger partial charge on any atom is -0.368 e. The predicted octanol–water partition coefficient (Wildman–Crippen LogP) is 4.17. The molecule has 0 aliphatic carbocycles. The van der Waals surface area contributed by atoms with Gasteiger partial charge in [0.25, 0.3) is 0 Å². The largest absolute Gasteiger partial charge is 0.368 e. The number of hydrogen-bond acceptors (Lipinski definition) is 4. The van der Waals surface area contributed by atoms with Crippen molar-refractivity contribution in [2.24, 2.45) is 0 Å². The number of hydrogen-bond donors (Lipinski definition) is 1. The third-order valence-corrected chi connectivity index (χ3v) is 3.92. The Hall–Kier alpha value is -0.680. The summed E-state index contributed by atoms with van der Waals surface area (Å²) in [5, 5.41) is 1.98. The zero-order valence-corrected chi connectivity index (χ0v) is 11.4. The summed E-state index contributed by atoms with van der Waals surface area (Å²) < 4.78 is 0. The molecule has 0 saturated carbocycles. The molecule has 1 aromatic heterocycles. The molecular weight excluding hydrogens is 301 g/mol. The quantitative estimate of drug-likeness (QED) is 0.846. The Morgan fingerprint density at radius 2 is 1.71 bits per heavy atom. The maximum absolute atomic E-state index is 6.05. The van der Waals surface area contributed by atoms with Crippen LogP contribution in [-0.4, -0.2) is 9.97 Å². The molecule has 0 unspecified atom stereocenters. The van der Waals surface area contributed by atoms with E-state index in [2.05, 4.69) is 9.97 Å². The summed E-state index contributed by atoms with van der Waals surface area (Å²) >= 11 is 19.2. The lowest BCUT2D eigenvalue weighted by molar-refractivity contribution is 1.06. The van der Waals surface area contributed by atoms with Crippen molar-refractivity contribution in [3.05, 3.63) is 39.5 Å². The van der Waals surface area contributed by atoms with Gasteiger partial charge in [0.15, 0.2) is 0 Å². The lowest BCUT2D eigenvalue weighted by Crippen LogP contribution is -1.95. The Labute approximate surface area is 117 Å². The lowest BCUT2D eigenvalue weighted by Gasteiger charge is -2.06. The first kappa shape index (κ1) is 12.8. The first-order valence-corrected chi connectivity index (χ1v) is 6.43. The van der Waals surface area contributed by atoms with Crippen molar-refractivity contribution < 1.29 is 0 Å². The van der Waals surface area contributed by atoms with Crippen molar-refractivity contribution in [3.8, 4) is 0 Å². The second kappa shape index (κ2) is 5.31. The summed E-state index contributed by atoms with van der Waals surface area (Å²) in [7, 11) is 0. The molecule has 0 aliphatic rings. The summed E-state index contributed by atoms with van der Waals surface area (Å²) in [6, 6.07) is 6.88. The van der Waals surface area contributed by atoms with Gasteiger partial charge in [0.05, 0.1) is 14.9 Å². The van der Waals surface area contributed by atoms with E-state index in [1.165, 1.54) is 11.8 Å². The van der Waals surface area contributed by atoms with Crippen molar-refractivity contribution in [1.29, 1.82) is 0 Å². The van der Waals surface area contributed by atoms with Crippen LogP contribution in [0.2, 0.25) is 15.2 Å². The van der Waals surface area contributed by atoms with Crippen molar-refractivity contribution in [1.82, 2.24) is 9.97 Å². The van der Waals surface area contributed by atoms with Gasteiger partial charge in [0, 0.05) is 6.07 Å². The third kappa shape index (κ3) is 3.16. The molecule has 0 atom stereocenters. The van der Waals surface area contributed by atoms with Crippen LogP contribution in [0.5, 0.6) is 0 Å². The molecule has 17 heavy (non-hydrogen) atoms. The monoisotopic (exact) mass is 305 g/mol. The fourth-order valence-corrected chi connectivity index (χ4v) is 2.88. The fourth-order valence-electron chi connectivity index (χ4n) is 1.15. The maximum Gasteiger partial charge on any atom is 0.222 e. The van der Waals surface area contributed by atoms with Crippen molar-refractivity contribution in [3.63, 3.8) is 0 Å². The third-order valence-electron chi connectivity index (χ3n) is 1.81. The average molecular weight is 307 g/mol. The zero-order valence-electron chi connectivity index (χ0n) is 8.32. The number of nitrogens with zero attached hydrogens (tertiary/aromatic N) is 2. The van der Waals surface area contributed by atoms with E-state index in [1.807, 2.05) is 0 Å². The predicted molar refractivity (Wildman–Crippen MR) is 72.0 cm³/mol. The number of nitrogens with two attached hydrogens (primary N) is 1. The van der Waals surface area contributed by atoms with Gasteiger partial charge in [-0.3, -0.25) is 0 Å². The van der Waals surface area contributed by atoms with Crippen LogP contribution in [0, 0.1) is 0 Å². The molecule has 7 heteroatoms. The minimum atomic E-state index is 0.114. The first-order chi connectivity index (χ1) is 8.06. The Morgan fingerprint density at radius 1 is 1.06 bits per heavy atom. The van der Waals surface area contributed by atoms with Gasteiger partial charge in [0.2, 0.25) is 5.95 Å². The lowest BCUT2D eigenvalue weighted by atomic mass is 10.4. The van der Waals surface area contributed by atoms with Crippen LogP contribution in [0.4, 0.5) is 5.95 Å². The molecule has 2 aromatic rings. The van der Waals surface area contributed by atoms with Gasteiger partial charge in [0.1, 0.15) is 10.2 Å². The van der Waals surface area contributed by atoms with Crippen LogP contribution >= 0.6 is 46.6 Å². The number of rotatable bonds is 2. The van der Waals surface area contributed by atoms with E-state index >= 15 is 0 Å². The molecule has 2 rings (SSSR count). The van der Waals surface area contributed by atoms with Crippen LogP contribution in [-0.2, 0) is 0 Å². The van der Waals surface area contributed by atoms with E-state index in [0.717, 1.165) is 0 Å². The van der Waals surface area contributed by atoms with Crippen molar-refractivity contribution >= 4 is 52.5 Å². The van der Waals surface area contributed by atoms with Crippen LogP contribution < -0.4 is 5.73 Å². The van der Waals surface area contributed by atoms with Crippen molar-refractivity contribution in [2.75, 3.05) is 5.73 Å². The van der Waals surface area contributed by atoms with Crippen LogP contribution in [0.25, 0.3) is 0 Å². The van der Waals surface area contributed by atoms with E-state index < -0.39 is 0 Å². The number of anilines is 1. The molecule has 3 nitrogen and oxygen atoms in total. The Kier molecular flexibility index (Phi) is 3.99. The van der Waals surface area contributed by atoms with E-state index in [9.17, 15) is 0 Å². The molecule has 88 valence electrons. The summed E-state index contributed by atoms with van der Waals surface area (Å²) in [5.41, 5.74) is 5.50. The normalized spacial score (nSPS) is 10.5. The minimum absolute atomic E-state index is 0.114. The molecule has 0 aliphatic heterocycles. The molecule has 0 spiro atoms. The first-order valence-electron chi connectivity index (χ1n) is 4.48. The fraction of sp³-hybridized carbons (Fsp3) is 0. The summed E-state index contributed by atoms with van der Waals surface area (Å²) in [6.45, 7) is 0. The molecule has 1 aromatic carbocycles. The Balaban J connectivity index is 2.38. The molecule has 0 saturated heterocycles. The smallest absolute Gasteiger partial charge is 0.222 e. The molecule has 0 fully saturated rings. The number of halogens is 3. The van der Waals surface area contributed by atoms with Crippen molar-refractivity contribution in [2.45, 2.75) is 9.92 Å². The topological polar surface area (TPSA) is 51.8 Å². The highest BCUT2D eigenvalue weighted by atomic mass is 35.5. The van der Waals surface area contributed by atoms with Crippen LogP contribution in [0.3, 0.4) is 0 Å². The molecule has 0 radical (unpaired) electrons. The van der Waals surface area contributed by atoms with Gasteiger partial charge < -0.3 is 5.73 Å². The Morgan fingerprint density at radius 3 is 2.29 bits per heavy atom. The highest BCUT2D eigenvalue weighted by molar-refractivity contribution is 7.99. The summed E-state index contributed by atoms with van der Waals surface area (Å²) in [4.78, 5) is 8.53. The summed E-state index contributed by atoms with van der Waals surface area (Å²) in [5.74, 6) is 0.114. The standard InChI is InChI=1S/C10H6Cl3N3S/c11-5-2-1-3-6(12)9(5)17-8-4-7(13)15-10(14)16-8/h1-4H,(H2,14,15,16). The van der Waals surface area contributed by atoms with Gasteiger partial charge in [-0.25, -0.2) is 9.97 Å². The van der Waals surface area contributed by atoms with E-state index in [-0.39, 0.29) is 11.1 Å². The SMILES string of the molecule is Nc1nc(Cl)cc(Sc2c(Cl)cccc2Cl)n1.